The Bertz CT molecular complexity index is 1390. The number of nitrogens with one attached hydrogen (secondary N) is 2. The van der Waals surface area contributed by atoms with Gasteiger partial charge in [0.05, 0.1) is 18.8 Å². The van der Waals surface area contributed by atoms with Crippen LogP contribution in [0, 0.1) is 17.2 Å². The maximum absolute atomic E-state index is 12.3. The molecule has 38 heavy (non-hydrogen) atoms. The first kappa shape index (κ1) is 27.5. The van der Waals surface area contributed by atoms with Crippen LogP contribution in [-0.2, 0) is 26.0 Å². The van der Waals surface area contributed by atoms with Gasteiger partial charge in [0.1, 0.15) is 17.4 Å². The predicted molar refractivity (Wildman–Crippen MR) is 139 cm³/mol. The van der Waals surface area contributed by atoms with Crippen LogP contribution < -0.4 is 10.0 Å². The average Bonchev–Trinajstić information content (AvgIpc) is 3.53. The first-order chi connectivity index (χ1) is 18.2. The molecule has 0 bridgehead atoms. The van der Waals surface area contributed by atoms with Gasteiger partial charge in [-0.1, -0.05) is 29.4 Å². The van der Waals surface area contributed by atoms with Gasteiger partial charge in [-0.25, -0.2) is 13.1 Å². The van der Waals surface area contributed by atoms with Crippen LogP contribution >= 0.6 is 0 Å². The normalized spacial score (nSPS) is 18.9. The highest BCUT2D eigenvalue weighted by atomic mass is 32.2. The van der Waals surface area contributed by atoms with Crippen LogP contribution in [0.3, 0.4) is 0 Å². The summed E-state index contributed by atoms with van der Waals surface area (Å²) in [7, 11) is -3.82. The summed E-state index contributed by atoms with van der Waals surface area (Å²) >= 11 is 0. The molecule has 11 nitrogen and oxygen atoms in total. The second-order valence-electron chi connectivity index (χ2n) is 9.53. The second kappa shape index (κ2) is 11.9. The van der Waals surface area contributed by atoms with Crippen LogP contribution in [0.1, 0.15) is 49.6 Å². The quantitative estimate of drug-likeness (QED) is 0.385. The van der Waals surface area contributed by atoms with Gasteiger partial charge in [-0.15, -0.1) is 0 Å². The summed E-state index contributed by atoms with van der Waals surface area (Å²) in [6.07, 6.45) is 5.44. The smallest absolute Gasteiger partial charge is 0.254 e. The van der Waals surface area contributed by atoms with Crippen molar-refractivity contribution in [2.45, 2.75) is 45.1 Å². The molecule has 2 aliphatic carbocycles. The number of rotatable bonds is 11. The maximum atomic E-state index is 12.3. The summed E-state index contributed by atoms with van der Waals surface area (Å²) in [5, 5.41) is 24.9. The molecule has 3 N–H and O–H groups in total. The van der Waals surface area contributed by atoms with Crippen molar-refractivity contribution in [2.75, 3.05) is 25.4 Å². The number of benzene rings is 1. The molecular formula is C26H31N5O6S. The predicted octanol–water partition coefficient (Wildman–Crippen LogP) is 2.03. The number of hydrogen-bond donors (Lipinski definition) is 3. The number of nitrogens with zero attached hydrogens (tertiary/aromatic N) is 3. The summed E-state index contributed by atoms with van der Waals surface area (Å²) in [4.78, 5) is 16.3. The number of sulfonamides is 1. The number of allylic oxidation sites excluding steroid dienone is 4. The van der Waals surface area contributed by atoms with Crippen LogP contribution in [0.2, 0.25) is 0 Å². The van der Waals surface area contributed by atoms with E-state index >= 15 is 0 Å². The molecule has 0 saturated carbocycles. The number of aliphatic hydroxyl groups excluding tert-OH is 1. The lowest BCUT2D eigenvalue weighted by Gasteiger charge is -2.20. The lowest BCUT2D eigenvalue weighted by molar-refractivity contribution is -0.118. The largest absolute Gasteiger partial charge is 0.494 e. The molecule has 1 amide bonds. The molecular weight excluding hydrogens is 510 g/mol. The van der Waals surface area contributed by atoms with E-state index < -0.39 is 27.6 Å². The van der Waals surface area contributed by atoms with E-state index in [-0.39, 0.29) is 31.7 Å². The molecule has 0 aliphatic heterocycles. The Morgan fingerprint density at radius 3 is 2.89 bits per heavy atom. The fourth-order valence-electron chi connectivity index (χ4n) is 4.67. The number of amides is 1. The lowest BCUT2D eigenvalue weighted by atomic mass is 9.93. The van der Waals surface area contributed by atoms with Gasteiger partial charge in [-0.2, -0.15) is 10.2 Å². The van der Waals surface area contributed by atoms with Crippen molar-refractivity contribution < 1.29 is 27.6 Å². The molecule has 0 radical (unpaired) electrons. The van der Waals surface area contributed by atoms with E-state index in [1.807, 2.05) is 38.1 Å². The van der Waals surface area contributed by atoms with Crippen LogP contribution in [-0.4, -0.2) is 61.1 Å². The summed E-state index contributed by atoms with van der Waals surface area (Å²) < 4.78 is 38.5. The second-order valence-corrected chi connectivity index (χ2v) is 11.3. The number of aromatic nitrogens is 2. The van der Waals surface area contributed by atoms with Gasteiger partial charge in [-0.05, 0) is 49.8 Å². The molecule has 0 saturated heterocycles. The van der Waals surface area contributed by atoms with Crippen molar-refractivity contribution in [3.63, 3.8) is 0 Å². The van der Waals surface area contributed by atoms with Gasteiger partial charge in [-0.3, -0.25) is 4.79 Å². The molecule has 1 heterocycles. The fraction of sp³-hybridized carbons (Fsp3) is 0.462. The Balaban J connectivity index is 1.47. The fourth-order valence-corrected chi connectivity index (χ4v) is 5.68. The Morgan fingerprint density at radius 2 is 2.16 bits per heavy atom. The average molecular weight is 542 g/mol. The van der Waals surface area contributed by atoms with E-state index in [1.165, 1.54) is 0 Å². The number of ether oxygens (including phenoxy) is 1. The Kier molecular flexibility index (Phi) is 8.61. The van der Waals surface area contributed by atoms with E-state index in [1.54, 1.807) is 6.08 Å². The topological polar surface area (TPSA) is 167 Å². The number of fused-ring (bicyclic) bond motifs is 1. The molecule has 1 aromatic carbocycles. The number of carbonyl (C=O) groups excluding carboxylic acids is 1. The van der Waals surface area contributed by atoms with Gasteiger partial charge in [0.2, 0.25) is 21.8 Å². The molecule has 0 spiro atoms. The highest BCUT2D eigenvalue weighted by Crippen LogP contribution is 2.39. The molecule has 2 unspecified atom stereocenters. The summed E-state index contributed by atoms with van der Waals surface area (Å²) in [5.41, 5.74) is 3.61. The minimum Gasteiger partial charge on any atom is -0.494 e. The molecule has 0 fully saturated rings. The molecule has 2 aliphatic rings. The third-order valence-electron chi connectivity index (χ3n) is 6.39. The number of hydrogen-bond acceptors (Lipinski definition) is 9. The summed E-state index contributed by atoms with van der Waals surface area (Å²) in [5.74, 6) is -0.448. The van der Waals surface area contributed by atoms with Gasteiger partial charge < -0.3 is 19.7 Å². The van der Waals surface area contributed by atoms with Gasteiger partial charge in [0, 0.05) is 30.6 Å². The maximum Gasteiger partial charge on any atom is 0.254 e. The van der Waals surface area contributed by atoms with E-state index in [2.05, 4.69) is 26.2 Å². The molecule has 12 heteroatoms. The van der Waals surface area contributed by atoms with Crippen LogP contribution in [0.25, 0.3) is 17.0 Å². The molecule has 202 valence electrons. The lowest BCUT2D eigenvalue weighted by Crippen LogP contribution is -2.38. The van der Waals surface area contributed by atoms with Crippen molar-refractivity contribution in [3.8, 4) is 17.5 Å². The zero-order valence-electron chi connectivity index (χ0n) is 21.3. The third kappa shape index (κ3) is 6.48. The molecule has 4 rings (SSSR count). The van der Waals surface area contributed by atoms with E-state index in [0.29, 0.717) is 23.9 Å². The molecule has 2 atom stereocenters. The van der Waals surface area contributed by atoms with Crippen LogP contribution in [0.4, 0.5) is 0 Å². The molecule has 2 aromatic rings. The van der Waals surface area contributed by atoms with E-state index in [0.717, 1.165) is 35.1 Å². The highest BCUT2D eigenvalue weighted by Gasteiger charge is 2.29. The number of aliphatic hydroxyl groups is 1. The molecule has 1 aromatic heterocycles. The van der Waals surface area contributed by atoms with Crippen molar-refractivity contribution in [1.82, 2.24) is 20.2 Å². The number of nitriles is 1. The standard InChI is InChI=1S/C26H31N5O6S/c1-16(2)36-23-9-7-17(12-19(23)13-27)26-30-25(31-37-26)22-5-3-4-20-18(6-8-21(20)22)14-29-38(34,35)15-24(33)28-10-11-32/h3-5,7,9,16,18-19,29,32H,6,8,10-12,14-15H2,1-2H3,(H,28,33). The summed E-state index contributed by atoms with van der Waals surface area (Å²) in [6.45, 7) is 3.74. The minimum atomic E-state index is -3.82. The van der Waals surface area contributed by atoms with Crippen LogP contribution in [0.5, 0.6) is 0 Å². The van der Waals surface area contributed by atoms with Gasteiger partial charge in [0.15, 0.2) is 0 Å². The Morgan fingerprint density at radius 1 is 1.34 bits per heavy atom. The monoisotopic (exact) mass is 541 g/mol. The third-order valence-corrected chi connectivity index (χ3v) is 7.63. The SMILES string of the molecule is CC(C)OC1=CC=C(c2nc(-c3cccc4c3CCC4CNS(=O)(=O)CC(=O)NCCO)no2)CC1C#N. The highest BCUT2D eigenvalue weighted by molar-refractivity contribution is 7.90. The van der Waals surface area contributed by atoms with Crippen molar-refractivity contribution in [2.24, 2.45) is 5.92 Å². The van der Waals surface area contributed by atoms with E-state index in [4.69, 9.17) is 14.4 Å². The Labute approximate surface area is 221 Å². The minimum absolute atomic E-state index is 0.00536. The first-order valence-electron chi connectivity index (χ1n) is 12.5. The first-order valence-corrected chi connectivity index (χ1v) is 14.1. The zero-order chi connectivity index (χ0) is 27.3. The van der Waals surface area contributed by atoms with Crippen LogP contribution in [0.15, 0.2) is 40.6 Å². The van der Waals surface area contributed by atoms with Crippen molar-refractivity contribution >= 4 is 21.5 Å². The van der Waals surface area contributed by atoms with E-state index in [9.17, 15) is 18.5 Å². The van der Waals surface area contributed by atoms with Gasteiger partial charge in [0.25, 0.3) is 5.89 Å². The summed E-state index contributed by atoms with van der Waals surface area (Å²) in [6, 6.07) is 8.02. The van der Waals surface area contributed by atoms with Crippen molar-refractivity contribution in [1.29, 1.82) is 5.26 Å². The number of carbonyl (C=O) groups is 1. The van der Waals surface area contributed by atoms with Crippen molar-refractivity contribution in [3.05, 3.63) is 53.1 Å². The zero-order valence-corrected chi connectivity index (χ0v) is 22.1. The Hall–Kier alpha value is -3.53. The van der Waals surface area contributed by atoms with Gasteiger partial charge >= 0.3 is 0 Å².